The van der Waals surface area contributed by atoms with Crippen molar-refractivity contribution in [2.45, 2.75) is 13.3 Å². The molecule has 3 rings (SSSR count). The summed E-state index contributed by atoms with van der Waals surface area (Å²) in [5, 5.41) is 0. The molecule has 6 nitrogen and oxygen atoms in total. The predicted molar refractivity (Wildman–Crippen MR) is 86.0 cm³/mol. The summed E-state index contributed by atoms with van der Waals surface area (Å²) in [6, 6.07) is 9.12. The van der Waals surface area contributed by atoms with Crippen molar-refractivity contribution in [3.63, 3.8) is 0 Å². The molecule has 6 heteroatoms. The average Bonchev–Trinajstić information content (AvgIpc) is 3.21. The highest BCUT2D eigenvalue weighted by atomic mass is 16.5. The third kappa shape index (κ3) is 3.01. The van der Waals surface area contributed by atoms with E-state index < -0.39 is 5.92 Å². The van der Waals surface area contributed by atoms with Gasteiger partial charge in [0.1, 0.15) is 0 Å². The molecule has 0 bridgehead atoms. The Morgan fingerprint density at radius 3 is 2.83 bits per heavy atom. The van der Waals surface area contributed by atoms with Crippen LogP contribution in [0.25, 0.3) is 22.6 Å². The zero-order chi connectivity index (χ0) is 16.4. The van der Waals surface area contributed by atoms with Crippen LogP contribution in [0.3, 0.4) is 0 Å². The summed E-state index contributed by atoms with van der Waals surface area (Å²) in [6.45, 7) is 1.72. The first kappa shape index (κ1) is 15.0. The van der Waals surface area contributed by atoms with Gasteiger partial charge in [0.25, 0.3) is 0 Å². The number of aromatic nitrogens is 3. The number of carbonyl (C=O) groups is 2. The van der Waals surface area contributed by atoms with Gasteiger partial charge in [-0.25, -0.2) is 4.98 Å². The molecule has 2 heterocycles. The van der Waals surface area contributed by atoms with Crippen LogP contribution in [-0.4, -0.2) is 33.8 Å². The van der Waals surface area contributed by atoms with Crippen molar-refractivity contribution >= 4 is 22.8 Å². The molecule has 2 N–H and O–H groups in total. The summed E-state index contributed by atoms with van der Waals surface area (Å²) in [7, 11) is 1.32. The van der Waals surface area contributed by atoms with Crippen molar-refractivity contribution in [2.75, 3.05) is 7.11 Å². The molecule has 0 aliphatic rings. The van der Waals surface area contributed by atoms with Crippen molar-refractivity contribution in [1.82, 2.24) is 15.0 Å². The van der Waals surface area contributed by atoms with Gasteiger partial charge >= 0.3 is 5.97 Å². The second kappa shape index (κ2) is 6.08. The monoisotopic (exact) mass is 311 g/mol. The third-order valence-corrected chi connectivity index (χ3v) is 3.77. The van der Waals surface area contributed by atoms with Gasteiger partial charge in [-0.3, -0.25) is 9.59 Å². The lowest BCUT2D eigenvalue weighted by atomic mass is 9.96. The van der Waals surface area contributed by atoms with Crippen molar-refractivity contribution < 1.29 is 14.3 Å². The van der Waals surface area contributed by atoms with Gasteiger partial charge in [0, 0.05) is 17.7 Å². The normalized spacial score (nSPS) is 12.3. The molecule has 0 spiro atoms. The quantitative estimate of drug-likeness (QED) is 0.560. The van der Waals surface area contributed by atoms with Gasteiger partial charge in [0.05, 0.1) is 30.3 Å². The first-order valence-electron chi connectivity index (χ1n) is 7.33. The van der Waals surface area contributed by atoms with Crippen LogP contribution in [0, 0.1) is 5.92 Å². The number of nitrogens with zero attached hydrogens (tertiary/aromatic N) is 1. The molecule has 0 aliphatic carbocycles. The van der Waals surface area contributed by atoms with Gasteiger partial charge in [-0.1, -0.05) is 6.92 Å². The van der Waals surface area contributed by atoms with E-state index in [9.17, 15) is 9.59 Å². The summed E-state index contributed by atoms with van der Waals surface area (Å²) in [5.41, 5.74) is 3.00. The summed E-state index contributed by atoms with van der Waals surface area (Å²) in [4.78, 5) is 34.5. The molecule has 1 unspecified atom stereocenters. The number of H-pyrrole nitrogens is 2. The van der Waals surface area contributed by atoms with Crippen LogP contribution in [-0.2, 0) is 9.53 Å². The van der Waals surface area contributed by atoms with E-state index in [4.69, 9.17) is 0 Å². The zero-order valence-corrected chi connectivity index (χ0v) is 12.9. The number of ketones is 1. The van der Waals surface area contributed by atoms with Crippen LogP contribution >= 0.6 is 0 Å². The second-order valence-electron chi connectivity index (χ2n) is 5.45. The standard InChI is InChI=1S/C17H17N3O3/c1-10(8-15(21)23-2)16(22)11-5-6-12-14(9-11)20-17(19-12)13-4-3-7-18-13/h3-7,9-10,18H,8H2,1-2H3,(H,19,20). The number of aromatic amines is 2. The highest BCUT2D eigenvalue weighted by Gasteiger charge is 2.19. The first-order valence-corrected chi connectivity index (χ1v) is 7.33. The molecular weight excluding hydrogens is 294 g/mol. The fourth-order valence-corrected chi connectivity index (χ4v) is 2.48. The maximum absolute atomic E-state index is 12.4. The minimum Gasteiger partial charge on any atom is -0.469 e. The molecule has 0 saturated carbocycles. The Kier molecular flexibility index (Phi) is 3.97. The highest BCUT2D eigenvalue weighted by molar-refractivity contribution is 6.01. The zero-order valence-electron chi connectivity index (χ0n) is 12.9. The molecular formula is C17H17N3O3. The van der Waals surface area contributed by atoms with Gasteiger partial charge in [-0.2, -0.15) is 0 Å². The number of rotatable bonds is 5. The second-order valence-corrected chi connectivity index (χ2v) is 5.45. The van der Waals surface area contributed by atoms with Crippen molar-refractivity contribution in [3.05, 3.63) is 42.1 Å². The van der Waals surface area contributed by atoms with Gasteiger partial charge in [0.2, 0.25) is 0 Å². The van der Waals surface area contributed by atoms with Crippen molar-refractivity contribution in [3.8, 4) is 11.5 Å². The molecule has 23 heavy (non-hydrogen) atoms. The fraction of sp³-hybridized carbons (Fsp3) is 0.235. The number of carbonyl (C=O) groups excluding carboxylic acids is 2. The van der Waals surface area contributed by atoms with Crippen LogP contribution in [0.5, 0.6) is 0 Å². The summed E-state index contributed by atoms with van der Waals surface area (Å²) >= 11 is 0. The van der Waals surface area contributed by atoms with Crippen LogP contribution in [0.2, 0.25) is 0 Å². The third-order valence-electron chi connectivity index (χ3n) is 3.77. The SMILES string of the molecule is COC(=O)CC(C)C(=O)c1ccc2nc(-c3ccc[nH]3)[nH]c2c1. The van der Waals surface area contributed by atoms with Crippen molar-refractivity contribution in [1.29, 1.82) is 0 Å². The Balaban J connectivity index is 1.88. The number of nitrogens with one attached hydrogen (secondary N) is 2. The lowest BCUT2D eigenvalue weighted by Crippen LogP contribution is -2.16. The molecule has 3 aromatic rings. The van der Waals surface area contributed by atoms with Gasteiger partial charge in [-0.05, 0) is 30.3 Å². The Bertz CT molecular complexity index is 849. The number of benzene rings is 1. The lowest BCUT2D eigenvalue weighted by molar-refractivity contribution is -0.141. The number of hydrogen-bond donors (Lipinski definition) is 2. The Hall–Kier alpha value is -2.89. The lowest BCUT2D eigenvalue weighted by Gasteiger charge is -2.08. The minimum absolute atomic E-state index is 0.0735. The predicted octanol–water partition coefficient (Wildman–Crippen LogP) is 2.94. The van der Waals surface area contributed by atoms with Crippen LogP contribution in [0.4, 0.5) is 0 Å². The number of Topliss-reactive ketones (excluding diaryl/α,β-unsaturated/α-hetero) is 1. The molecule has 2 aromatic heterocycles. The van der Waals surface area contributed by atoms with E-state index in [2.05, 4.69) is 19.7 Å². The van der Waals surface area contributed by atoms with E-state index in [0.29, 0.717) is 5.56 Å². The van der Waals surface area contributed by atoms with Crippen LogP contribution < -0.4 is 0 Å². The smallest absolute Gasteiger partial charge is 0.306 e. The minimum atomic E-state index is -0.425. The molecule has 1 atom stereocenters. The number of hydrogen-bond acceptors (Lipinski definition) is 4. The number of methoxy groups -OCH3 is 1. The molecule has 1 aromatic carbocycles. The van der Waals surface area contributed by atoms with E-state index >= 15 is 0 Å². The fourth-order valence-electron chi connectivity index (χ4n) is 2.48. The molecule has 0 radical (unpaired) electrons. The number of imidazole rings is 1. The number of esters is 1. The van der Waals surface area contributed by atoms with E-state index in [1.807, 2.05) is 18.3 Å². The van der Waals surface area contributed by atoms with Gasteiger partial charge < -0.3 is 14.7 Å². The molecule has 0 saturated heterocycles. The maximum atomic E-state index is 12.4. The number of fused-ring (bicyclic) bond motifs is 1. The Morgan fingerprint density at radius 2 is 2.13 bits per heavy atom. The van der Waals surface area contributed by atoms with Crippen molar-refractivity contribution in [2.24, 2.45) is 5.92 Å². The topological polar surface area (TPSA) is 87.8 Å². The summed E-state index contributed by atoms with van der Waals surface area (Å²) < 4.78 is 4.61. The number of ether oxygens (including phenoxy) is 1. The van der Waals surface area contributed by atoms with E-state index in [0.717, 1.165) is 22.6 Å². The van der Waals surface area contributed by atoms with E-state index in [1.54, 1.807) is 25.1 Å². The Morgan fingerprint density at radius 1 is 1.30 bits per heavy atom. The first-order chi connectivity index (χ1) is 11.1. The Labute approximate surface area is 132 Å². The molecule has 118 valence electrons. The largest absolute Gasteiger partial charge is 0.469 e. The molecule has 0 aliphatic heterocycles. The molecule has 0 fully saturated rings. The van der Waals surface area contributed by atoms with Crippen LogP contribution in [0.15, 0.2) is 36.5 Å². The van der Waals surface area contributed by atoms with Gasteiger partial charge in [0.15, 0.2) is 11.6 Å². The highest BCUT2D eigenvalue weighted by Crippen LogP contribution is 2.22. The average molecular weight is 311 g/mol. The summed E-state index contributed by atoms with van der Waals surface area (Å²) in [5.74, 6) is -0.182. The van der Waals surface area contributed by atoms with E-state index in [-0.39, 0.29) is 18.2 Å². The van der Waals surface area contributed by atoms with E-state index in [1.165, 1.54) is 7.11 Å². The van der Waals surface area contributed by atoms with Crippen LogP contribution in [0.1, 0.15) is 23.7 Å². The molecule has 0 amide bonds. The maximum Gasteiger partial charge on any atom is 0.306 e. The summed E-state index contributed by atoms with van der Waals surface area (Å²) in [6.07, 6.45) is 1.90. The van der Waals surface area contributed by atoms with Gasteiger partial charge in [-0.15, -0.1) is 0 Å².